The third-order valence-corrected chi connectivity index (χ3v) is 8.62. The highest BCUT2D eigenvalue weighted by molar-refractivity contribution is 6.39. The molecule has 3 fully saturated rings. The molecule has 4 heterocycles. The first-order valence-electron chi connectivity index (χ1n) is 12.8. The molecular weight excluding hydrogens is 529 g/mol. The highest BCUT2D eigenvalue weighted by Crippen LogP contribution is 2.47. The summed E-state index contributed by atoms with van der Waals surface area (Å²) in [6.45, 7) is 2.22. The molecule has 196 valence electrons. The maximum Gasteiger partial charge on any atom is 0.356 e. The molecule has 0 radical (unpaired) electrons. The van der Waals surface area contributed by atoms with Gasteiger partial charge in [0.15, 0.2) is 11.3 Å². The van der Waals surface area contributed by atoms with Crippen LogP contribution in [0.15, 0.2) is 41.1 Å². The second-order valence-electron chi connectivity index (χ2n) is 10.5. The lowest BCUT2D eigenvalue weighted by molar-refractivity contribution is 0.0402. The highest BCUT2D eigenvalue weighted by atomic mass is 35.5. The lowest BCUT2D eigenvalue weighted by atomic mass is 10.0. The lowest BCUT2D eigenvalue weighted by Crippen LogP contribution is -2.24. The lowest BCUT2D eigenvalue weighted by Gasteiger charge is -2.20. The molecule has 1 N–H and O–H groups in total. The number of nitrogens with zero attached hydrogens (tertiary/aromatic N) is 5. The van der Waals surface area contributed by atoms with Gasteiger partial charge in [0.25, 0.3) is 0 Å². The van der Waals surface area contributed by atoms with Gasteiger partial charge in [-0.05, 0) is 55.7 Å². The quantitative estimate of drug-likeness (QED) is 0.310. The Morgan fingerprint density at radius 3 is 2.55 bits per heavy atom. The van der Waals surface area contributed by atoms with Crippen LogP contribution in [0.25, 0.3) is 16.9 Å². The molecule has 1 saturated heterocycles. The van der Waals surface area contributed by atoms with Crippen molar-refractivity contribution in [3.05, 3.63) is 63.6 Å². The summed E-state index contributed by atoms with van der Waals surface area (Å²) in [7, 11) is 0. The molecule has 1 unspecified atom stereocenters. The summed E-state index contributed by atoms with van der Waals surface area (Å²) in [5.74, 6) is 2.10. The first-order chi connectivity index (χ1) is 18.4. The van der Waals surface area contributed by atoms with Crippen molar-refractivity contribution in [1.29, 1.82) is 0 Å². The Balaban J connectivity index is 1.03. The van der Waals surface area contributed by atoms with Gasteiger partial charge in [0.05, 0.1) is 22.8 Å². The van der Waals surface area contributed by atoms with Crippen LogP contribution >= 0.6 is 23.2 Å². The van der Waals surface area contributed by atoms with E-state index >= 15 is 0 Å². The Bertz CT molecular complexity index is 1510. The van der Waals surface area contributed by atoms with E-state index in [1.165, 1.54) is 10.6 Å². The minimum atomic E-state index is -1.06. The Hall–Kier alpha value is -3.14. The zero-order valence-corrected chi connectivity index (χ0v) is 21.9. The topological polar surface area (TPSA) is 106 Å². The number of carboxylic acids is 1. The van der Waals surface area contributed by atoms with Gasteiger partial charge in [0, 0.05) is 42.4 Å². The predicted octanol–water partition coefficient (Wildman–Crippen LogP) is 5.70. The van der Waals surface area contributed by atoms with Gasteiger partial charge in [-0.3, -0.25) is 0 Å². The van der Waals surface area contributed by atoms with Crippen LogP contribution in [0.5, 0.6) is 0 Å². The summed E-state index contributed by atoms with van der Waals surface area (Å²) in [4.78, 5) is 18.2. The SMILES string of the molecule is O=C(O)c1cc2nc(N3CC4C[C@H](OCc5c(-c6c(Cl)cccc6Cl)noc5C5CC5)C[C@H]4C3)ccn2n1. The Morgan fingerprint density at radius 1 is 1.13 bits per heavy atom. The fourth-order valence-corrected chi connectivity index (χ4v) is 6.54. The number of aromatic carboxylic acids is 1. The first-order valence-corrected chi connectivity index (χ1v) is 13.6. The van der Waals surface area contributed by atoms with Crippen molar-refractivity contribution in [1.82, 2.24) is 19.8 Å². The maximum atomic E-state index is 11.2. The van der Waals surface area contributed by atoms with Gasteiger partial charge in [-0.2, -0.15) is 5.10 Å². The van der Waals surface area contributed by atoms with Gasteiger partial charge in [-0.15, -0.1) is 0 Å². The van der Waals surface area contributed by atoms with Gasteiger partial charge in [-0.1, -0.05) is 34.4 Å². The number of fused-ring (bicyclic) bond motifs is 2. The Morgan fingerprint density at radius 2 is 1.87 bits per heavy atom. The molecule has 4 aromatic rings. The van der Waals surface area contributed by atoms with Crippen molar-refractivity contribution in [2.24, 2.45) is 11.8 Å². The number of hydrogen-bond donors (Lipinski definition) is 1. The number of rotatable bonds is 7. The minimum Gasteiger partial charge on any atom is -0.476 e. The average Bonchev–Trinajstić information content (AvgIpc) is 3.19. The average molecular weight is 554 g/mol. The van der Waals surface area contributed by atoms with E-state index in [0.29, 0.717) is 51.3 Å². The van der Waals surface area contributed by atoms with Crippen LogP contribution < -0.4 is 4.90 Å². The summed E-state index contributed by atoms with van der Waals surface area (Å²) in [6, 6.07) is 8.84. The molecule has 3 aromatic heterocycles. The van der Waals surface area contributed by atoms with Crippen LogP contribution in [0.2, 0.25) is 10.0 Å². The molecule has 0 bridgehead atoms. The molecular formula is C27H25Cl2N5O4. The van der Waals surface area contributed by atoms with Crippen LogP contribution in [-0.2, 0) is 11.3 Å². The van der Waals surface area contributed by atoms with E-state index in [2.05, 4.69) is 20.1 Å². The van der Waals surface area contributed by atoms with Crippen LogP contribution in [0, 0.1) is 11.8 Å². The summed E-state index contributed by atoms with van der Waals surface area (Å²) in [6.07, 6.45) is 6.07. The van der Waals surface area contributed by atoms with E-state index in [0.717, 1.165) is 55.9 Å². The molecule has 3 aliphatic rings. The van der Waals surface area contributed by atoms with Crippen LogP contribution in [0.1, 0.15) is 53.4 Å². The van der Waals surface area contributed by atoms with Gasteiger partial charge in [-0.25, -0.2) is 14.3 Å². The number of halogens is 2. The monoisotopic (exact) mass is 553 g/mol. The maximum absolute atomic E-state index is 11.2. The number of ether oxygens (including phenoxy) is 1. The molecule has 38 heavy (non-hydrogen) atoms. The van der Waals surface area contributed by atoms with Crippen molar-refractivity contribution >= 4 is 40.6 Å². The van der Waals surface area contributed by atoms with Crippen molar-refractivity contribution in [2.75, 3.05) is 18.0 Å². The predicted molar refractivity (Wildman–Crippen MR) is 141 cm³/mol. The van der Waals surface area contributed by atoms with E-state index in [1.54, 1.807) is 6.20 Å². The number of hydrogen-bond acceptors (Lipinski definition) is 7. The molecule has 9 nitrogen and oxygen atoms in total. The smallest absolute Gasteiger partial charge is 0.356 e. The second kappa shape index (κ2) is 9.25. The van der Waals surface area contributed by atoms with Gasteiger partial charge < -0.3 is 19.3 Å². The largest absolute Gasteiger partial charge is 0.476 e. The normalized spacial score (nSPS) is 22.9. The highest BCUT2D eigenvalue weighted by Gasteiger charge is 2.42. The molecule has 2 saturated carbocycles. The van der Waals surface area contributed by atoms with Gasteiger partial charge in [0.1, 0.15) is 17.3 Å². The fourth-order valence-electron chi connectivity index (χ4n) is 5.97. The van der Waals surface area contributed by atoms with Crippen molar-refractivity contribution < 1.29 is 19.2 Å². The number of anilines is 1. The zero-order chi connectivity index (χ0) is 26.0. The van der Waals surface area contributed by atoms with E-state index < -0.39 is 5.97 Å². The van der Waals surface area contributed by atoms with Crippen LogP contribution in [0.4, 0.5) is 5.82 Å². The van der Waals surface area contributed by atoms with Gasteiger partial charge in [0.2, 0.25) is 0 Å². The molecule has 0 spiro atoms. The van der Waals surface area contributed by atoms with E-state index in [-0.39, 0.29) is 11.8 Å². The number of carbonyl (C=O) groups is 1. The van der Waals surface area contributed by atoms with Crippen LogP contribution in [0.3, 0.4) is 0 Å². The molecule has 7 rings (SSSR count). The van der Waals surface area contributed by atoms with Crippen molar-refractivity contribution in [3.8, 4) is 11.3 Å². The number of benzene rings is 1. The molecule has 1 aliphatic heterocycles. The fraction of sp³-hybridized carbons (Fsp3) is 0.407. The minimum absolute atomic E-state index is 0.00874. The first kappa shape index (κ1) is 23.9. The number of carboxylic acid groups (broad SMARTS) is 1. The standard InChI is InChI=1S/C27H25Cl2N5O4/c28-19-2-1-3-20(29)24(19)25-18(26(38-32-25)14-4-5-14)13-37-17-8-15-11-33(12-16(15)9-17)22-6-7-34-23(30-22)10-21(31-34)27(35)36/h1-3,6-7,10,14-17H,4-5,8-9,11-13H2,(H,35,36)/t15-,16?,17+/m0/s1. The van der Waals surface area contributed by atoms with E-state index in [4.69, 9.17) is 32.5 Å². The van der Waals surface area contributed by atoms with Crippen molar-refractivity contribution in [2.45, 2.75) is 44.3 Å². The summed E-state index contributed by atoms with van der Waals surface area (Å²) >= 11 is 13.0. The van der Waals surface area contributed by atoms with Crippen LogP contribution in [-0.4, -0.2) is 50.0 Å². The van der Waals surface area contributed by atoms with E-state index in [9.17, 15) is 9.90 Å². The third kappa shape index (κ3) is 4.22. The summed E-state index contributed by atoms with van der Waals surface area (Å²) in [5, 5.41) is 18.7. The summed E-state index contributed by atoms with van der Waals surface area (Å²) < 4.78 is 13.8. The number of aromatic nitrogens is 4. The van der Waals surface area contributed by atoms with Gasteiger partial charge >= 0.3 is 5.97 Å². The second-order valence-corrected chi connectivity index (χ2v) is 11.3. The molecule has 3 atom stereocenters. The Labute approximate surface area is 228 Å². The van der Waals surface area contributed by atoms with Crippen molar-refractivity contribution in [3.63, 3.8) is 0 Å². The zero-order valence-electron chi connectivity index (χ0n) is 20.4. The summed E-state index contributed by atoms with van der Waals surface area (Å²) in [5.41, 5.74) is 2.86. The molecule has 2 aliphatic carbocycles. The molecule has 11 heteroatoms. The molecule has 0 amide bonds. The molecule has 1 aromatic carbocycles. The third-order valence-electron chi connectivity index (χ3n) is 7.99. The Kier molecular flexibility index (Phi) is 5.83. The van der Waals surface area contributed by atoms with E-state index in [1.807, 2.05) is 24.3 Å².